The first-order valence-corrected chi connectivity index (χ1v) is 4.62. The molecule has 0 saturated carbocycles. The fourth-order valence-corrected chi connectivity index (χ4v) is 1.68. The van der Waals surface area contributed by atoms with Crippen molar-refractivity contribution in [2.45, 2.75) is 45.6 Å². The Bertz CT molecular complexity index is 86.7. The van der Waals surface area contributed by atoms with Gasteiger partial charge in [-0.05, 0) is 32.4 Å². The zero-order chi connectivity index (χ0) is 7.40. The summed E-state index contributed by atoms with van der Waals surface area (Å²) in [4.78, 5) is 2.61. The molecule has 0 radical (unpaired) electrons. The molecular weight excluding hydrogens is 122 g/mol. The first-order chi connectivity index (χ1) is 4.88. The monoisotopic (exact) mass is 141 g/mol. The molecule has 0 unspecified atom stereocenters. The van der Waals surface area contributed by atoms with Crippen LogP contribution in [0.15, 0.2) is 0 Å². The molecule has 0 bridgehead atoms. The lowest BCUT2D eigenvalue weighted by Crippen LogP contribution is -2.44. The van der Waals surface area contributed by atoms with Crippen LogP contribution in [0.3, 0.4) is 0 Å². The molecule has 0 amide bonds. The van der Waals surface area contributed by atoms with E-state index in [1.54, 1.807) is 0 Å². The normalized spacial score (nSPS) is 22.2. The number of rotatable bonds is 4. The topological polar surface area (TPSA) is 3.24 Å². The molecule has 60 valence electrons. The van der Waals surface area contributed by atoms with Gasteiger partial charge in [-0.25, -0.2) is 0 Å². The molecule has 1 aliphatic heterocycles. The molecule has 0 aromatic carbocycles. The Morgan fingerprint density at radius 1 is 1.30 bits per heavy atom. The van der Waals surface area contributed by atoms with E-state index in [0.29, 0.717) is 0 Å². The van der Waals surface area contributed by atoms with Crippen LogP contribution in [-0.4, -0.2) is 24.0 Å². The maximum atomic E-state index is 2.61. The lowest BCUT2D eigenvalue weighted by atomic mass is 10.0. The SMILES string of the molecule is CCC[C@H](CC)N1CCC1. The molecule has 0 aromatic heterocycles. The van der Waals surface area contributed by atoms with Crippen molar-refractivity contribution in [3.05, 3.63) is 0 Å². The summed E-state index contributed by atoms with van der Waals surface area (Å²) >= 11 is 0. The Kier molecular flexibility index (Phi) is 3.20. The van der Waals surface area contributed by atoms with E-state index < -0.39 is 0 Å². The minimum Gasteiger partial charge on any atom is -0.300 e. The van der Waals surface area contributed by atoms with Crippen LogP contribution in [0.4, 0.5) is 0 Å². The highest BCUT2D eigenvalue weighted by atomic mass is 15.2. The molecule has 1 saturated heterocycles. The maximum Gasteiger partial charge on any atom is 0.00925 e. The lowest BCUT2D eigenvalue weighted by molar-refractivity contribution is 0.108. The van der Waals surface area contributed by atoms with Crippen LogP contribution in [0.25, 0.3) is 0 Å². The van der Waals surface area contributed by atoms with Gasteiger partial charge in [0, 0.05) is 6.04 Å². The fraction of sp³-hybridized carbons (Fsp3) is 1.00. The average molecular weight is 141 g/mol. The van der Waals surface area contributed by atoms with Crippen LogP contribution >= 0.6 is 0 Å². The van der Waals surface area contributed by atoms with Crippen molar-refractivity contribution in [3.8, 4) is 0 Å². The van der Waals surface area contributed by atoms with Gasteiger partial charge in [-0.3, -0.25) is 0 Å². The molecule has 0 N–H and O–H groups in total. The smallest absolute Gasteiger partial charge is 0.00925 e. The minimum absolute atomic E-state index is 0.902. The molecule has 1 heteroatoms. The van der Waals surface area contributed by atoms with Crippen molar-refractivity contribution in [2.75, 3.05) is 13.1 Å². The van der Waals surface area contributed by atoms with Crippen molar-refractivity contribution in [1.29, 1.82) is 0 Å². The van der Waals surface area contributed by atoms with Crippen molar-refractivity contribution in [2.24, 2.45) is 0 Å². The predicted molar refractivity (Wildman–Crippen MR) is 45.2 cm³/mol. The summed E-state index contributed by atoms with van der Waals surface area (Å²) in [7, 11) is 0. The quantitative estimate of drug-likeness (QED) is 0.580. The van der Waals surface area contributed by atoms with E-state index in [2.05, 4.69) is 18.7 Å². The van der Waals surface area contributed by atoms with E-state index in [9.17, 15) is 0 Å². The van der Waals surface area contributed by atoms with E-state index in [1.807, 2.05) is 0 Å². The van der Waals surface area contributed by atoms with E-state index in [1.165, 1.54) is 38.8 Å². The van der Waals surface area contributed by atoms with Crippen LogP contribution < -0.4 is 0 Å². The van der Waals surface area contributed by atoms with Crippen LogP contribution in [0.2, 0.25) is 0 Å². The number of hydrogen-bond acceptors (Lipinski definition) is 1. The van der Waals surface area contributed by atoms with Crippen molar-refractivity contribution < 1.29 is 0 Å². The first kappa shape index (κ1) is 8.06. The van der Waals surface area contributed by atoms with Gasteiger partial charge in [0.1, 0.15) is 0 Å². The first-order valence-electron chi connectivity index (χ1n) is 4.62. The summed E-state index contributed by atoms with van der Waals surface area (Å²) in [5.74, 6) is 0. The number of likely N-dealkylation sites (tertiary alicyclic amines) is 1. The Hall–Kier alpha value is -0.0400. The van der Waals surface area contributed by atoms with Gasteiger partial charge in [-0.1, -0.05) is 20.3 Å². The van der Waals surface area contributed by atoms with Gasteiger partial charge in [-0.2, -0.15) is 0 Å². The highest BCUT2D eigenvalue weighted by Crippen LogP contribution is 2.17. The molecule has 0 aromatic rings. The largest absolute Gasteiger partial charge is 0.300 e. The summed E-state index contributed by atoms with van der Waals surface area (Å²) in [6, 6.07) is 0.902. The van der Waals surface area contributed by atoms with Crippen LogP contribution in [0.5, 0.6) is 0 Å². The lowest BCUT2D eigenvalue weighted by Gasteiger charge is -2.38. The average Bonchev–Trinajstić information content (AvgIpc) is 1.83. The summed E-state index contributed by atoms with van der Waals surface area (Å²) in [5.41, 5.74) is 0. The summed E-state index contributed by atoms with van der Waals surface area (Å²) in [6.07, 6.45) is 5.51. The molecule has 1 atom stereocenters. The third-order valence-corrected chi connectivity index (χ3v) is 2.50. The molecule has 10 heavy (non-hydrogen) atoms. The minimum atomic E-state index is 0.902. The molecule has 0 spiro atoms. The van der Waals surface area contributed by atoms with Crippen LogP contribution in [0.1, 0.15) is 39.5 Å². The summed E-state index contributed by atoms with van der Waals surface area (Å²) in [6.45, 7) is 7.30. The molecular formula is C9H19N. The zero-order valence-electron chi connectivity index (χ0n) is 7.27. The Morgan fingerprint density at radius 3 is 2.30 bits per heavy atom. The van der Waals surface area contributed by atoms with Crippen LogP contribution in [-0.2, 0) is 0 Å². The second-order valence-corrected chi connectivity index (χ2v) is 3.24. The maximum absolute atomic E-state index is 2.61. The number of hydrogen-bond donors (Lipinski definition) is 0. The standard InChI is InChI=1S/C9H19N/c1-3-6-9(4-2)10-7-5-8-10/h9H,3-8H2,1-2H3/t9-/m0/s1. The van der Waals surface area contributed by atoms with Gasteiger partial charge < -0.3 is 4.90 Å². The molecule has 1 heterocycles. The van der Waals surface area contributed by atoms with E-state index >= 15 is 0 Å². The second-order valence-electron chi connectivity index (χ2n) is 3.24. The molecule has 0 aliphatic carbocycles. The highest BCUT2D eigenvalue weighted by Gasteiger charge is 2.20. The Morgan fingerprint density at radius 2 is 2.00 bits per heavy atom. The van der Waals surface area contributed by atoms with Crippen molar-refractivity contribution in [3.63, 3.8) is 0 Å². The Labute approximate surface area is 64.4 Å². The molecule has 1 aliphatic rings. The van der Waals surface area contributed by atoms with Crippen molar-refractivity contribution >= 4 is 0 Å². The number of nitrogens with zero attached hydrogens (tertiary/aromatic N) is 1. The van der Waals surface area contributed by atoms with Gasteiger partial charge in [0.15, 0.2) is 0 Å². The highest BCUT2D eigenvalue weighted by molar-refractivity contribution is 4.76. The Balaban J connectivity index is 2.17. The third kappa shape index (κ3) is 1.72. The summed E-state index contributed by atoms with van der Waals surface area (Å²) < 4.78 is 0. The molecule has 1 rings (SSSR count). The van der Waals surface area contributed by atoms with Gasteiger partial charge in [0.25, 0.3) is 0 Å². The second kappa shape index (κ2) is 3.97. The van der Waals surface area contributed by atoms with E-state index in [4.69, 9.17) is 0 Å². The van der Waals surface area contributed by atoms with Crippen LogP contribution in [0, 0.1) is 0 Å². The third-order valence-electron chi connectivity index (χ3n) is 2.50. The van der Waals surface area contributed by atoms with E-state index in [-0.39, 0.29) is 0 Å². The van der Waals surface area contributed by atoms with E-state index in [0.717, 1.165) is 6.04 Å². The van der Waals surface area contributed by atoms with Gasteiger partial charge in [0.05, 0.1) is 0 Å². The summed E-state index contributed by atoms with van der Waals surface area (Å²) in [5, 5.41) is 0. The van der Waals surface area contributed by atoms with Gasteiger partial charge in [0.2, 0.25) is 0 Å². The zero-order valence-corrected chi connectivity index (χ0v) is 7.27. The predicted octanol–water partition coefficient (Wildman–Crippen LogP) is 2.27. The fourth-order valence-electron chi connectivity index (χ4n) is 1.68. The van der Waals surface area contributed by atoms with Crippen molar-refractivity contribution in [1.82, 2.24) is 4.90 Å². The molecule has 1 nitrogen and oxygen atoms in total. The molecule has 1 fully saturated rings. The van der Waals surface area contributed by atoms with Gasteiger partial charge in [-0.15, -0.1) is 0 Å². The van der Waals surface area contributed by atoms with Gasteiger partial charge >= 0.3 is 0 Å².